The van der Waals surface area contributed by atoms with Gasteiger partial charge < -0.3 is 19.8 Å². The summed E-state index contributed by atoms with van der Waals surface area (Å²) in [7, 11) is 1.62. The number of aliphatic hydroxyl groups excluding tert-OH is 1. The van der Waals surface area contributed by atoms with Crippen LogP contribution in [0.5, 0.6) is 0 Å². The molecular weight excluding hydrogens is 924 g/mol. The fourth-order valence-electron chi connectivity index (χ4n) is 8.68. The Morgan fingerprint density at radius 2 is 0.822 bits per heavy atom. The number of amides is 1. The minimum Gasteiger partial charge on any atom is -0.391 e. The van der Waals surface area contributed by atoms with Crippen molar-refractivity contribution in [3.05, 3.63) is 85.1 Å². The fourth-order valence-corrected chi connectivity index (χ4v) is 9.41. The van der Waals surface area contributed by atoms with Gasteiger partial charge in [0.1, 0.15) is 13.2 Å². The Morgan fingerprint density at radius 3 is 1.21 bits per heavy atom. The van der Waals surface area contributed by atoms with Gasteiger partial charge in [0.25, 0.3) is 0 Å². The molecular formula is C64H118N2O6P+. The second-order valence-electron chi connectivity index (χ2n) is 21.7. The van der Waals surface area contributed by atoms with E-state index in [9.17, 15) is 19.4 Å². The molecule has 3 unspecified atom stereocenters. The van der Waals surface area contributed by atoms with Gasteiger partial charge in [0.05, 0.1) is 39.9 Å². The average molecular weight is 1040 g/mol. The van der Waals surface area contributed by atoms with Crippen molar-refractivity contribution in [1.82, 2.24) is 5.32 Å². The van der Waals surface area contributed by atoms with Gasteiger partial charge in [0.2, 0.25) is 5.91 Å². The molecule has 9 heteroatoms. The van der Waals surface area contributed by atoms with Crippen molar-refractivity contribution in [3.8, 4) is 0 Å². The molecule has 1 amide bonds. The van der Waals surface area contributed by atoms with E-state index in [0.717, 1.165) is 83.5 Å². The lowest BCUT2D eigenvalue weighted by atomic mass is 10.0. The molecule has 0 rings (SSSR count). The molecule has 0 aromatic carbocycles. The van der Waals surface area contributed by atoms with Crippen LogP contribution < -0.4 is 5.32 Å². The van der Waals surface area contributed by atoms with Crippen molar-refractivity contribution in [2.45, 2.75) is 276 Å². The topological polar surface area (TPSA) is 105 Å². The van der Waals surface area contributed by atoms with Crippen molar-refractivity contribution in [2.75, 3.05) is 40.9 Å². The molecule has 0 aliphatic rings. The summed E-state index contributed by atoms with van der Waals surface area (Å²) in [6, 6.07) is -0.763. The second-order valence-corrected chi connectivity index (χ2v) is 23.2. The Hall–Kier alpha value is -2.32. The lowest BCUT2D eigenvalue weighted by Crippen LogP contribution is -2.46. The van der Waals surface area contributed by atoms with E-state index >= 15 is 0 Å². The minimum absolute atomic E-state index is 0.0730. The van der Waals surface area contributed by atoms with Gasteiger partial charge in [0, 0.05) is 6.42 Å². The Labute approximate surface area is 452 Å². The Balaban J connectivity index is 4.01. The lowest BCUT2D eigenvalue weighted by molar-refractivity contribution is -0.870. The minimum atomic E-state index is -4.32. The van der Waals surface area contributed by atoms with Crippen molar-refractivity contribution in [2.24, 2.45) is 0 Å². The molecule has 0 saturated carbocycles. The molecule has 0 aliphatic heterocycles. The van der Waals surface area contributed by atoms with Gasteiger partial charge in [-0.2, -0.15) is 0 Å². The van der Waals surface area contributed by atoms with Gasteiger partial charge in [-0.05, 0) is 70.6 Å². The van der Waals surface area contributed by atoms with Crippen LogP contribution in [-0.2, 0) is 18.4 Å². The van der Waals surface area contributed by atoms with Crippen LogP contribution in [0.25, 0.3) is 0 Å². The van der Waals surface area contributed by atoms with Gasteiger partial charge in [-0.25, -0.2) is 4.57 Å². The van der Waals surface area contributed by atoms with E-state index in [2.05, 4.69) is 104 Å². The molecule has 0 saturated heterocycles. The fraction of sp³-hybridized carbons (Fsp3) is 0.766. The highest BCUT2D eigenvalue weighted by Gasteiger charge is 2.28. The number of likely N-dealkylation sites (N-methyl/N-ethyl adjacent to an activating group) is 1. The summed E-state index contributed by atoms with van der Waals surface area (Å²) in [4.78, 5) is 23.3. The number of aliphatic hydroxyl groups is 1. The van der Waals surface area contributed by atoms with E-state index in [-0.39, 0.29) is 19.1 Å². The SMILES string of the molecule is CC/C=C\C/C=C\C/C=C\C/C=C\C/C=C\C/C=C\C/C=C\CCCCCCCCCCCCCCCCCC(=O)NC(COP(=O)(O)OCC[N+](C)(C)C)C(O)CCCCCCCCCCCCCCCC. The number of rotatable bonds is 55. The van der Waals surface area contributed by atoms with Crippen molar-refractivity contribution >= 4 is 13.7 Å². The van der Waals surface area contributed by atoms with Gasteiger partial charge in [0.15, 0.2) is 0 Å². The van der Waals surface area contributed by atoms with Crippen molar-refractivity contribution < 1.29 is 32.9 Å². The Bertz CT molecular complexity index is 1460. The normalized spacial score (nSPS) is 14.5. The summed E-state index contributed by atoms with van der Waals surface area (Å²) in [6.07, 6.45) is 76.5. The Morgan fingerprint density at radius 1 is 0.479 bits per heavy atom. The molecule has 0 aromatic heterocycles. The maximum atomic E-state index is 13.0. The molecule has 0 heterocycles. The third-order valence-corrected chi connectivity index (χ3v) is 14.4. The van der Waals surface area contributed by atoms with Crippen LogP contribution in [0.1, 0.15) is 264 Å². The van der Waals surface area contributed by atoms with Crippen LogP contribution in [0.15, 0.2) is 85.1 Å². The van der Waals surface area contributed by atoms with E-state index in [4.69, 9.17) is 9.05 Å². The standard InChI is InChI=1S/C64H117N2O6P/c1-6-8-10-12-14-16-18-20-22-23-24-25-26-27-28-29-30-31-32-33-34-35-36-37-38-39-40-41-42-43-44-46-48-50-52-54-56-58-64(68)65-62(61-72-73(69,70)71-60-59-66(3,4)5)63(67)57-55-53-51-49-47-45-21-19-17-15-13-11-9-7-2/h8,10,14,16,20,22,24-25,27-28,30-31,33-34,62-63,67H,6-7,9,11-13,15,17-19,21,23,26,29,32,35-61H2,1-5H3,(H-,65,68,69,70)/p+1/b10-8-,16-14-,22-20-,25-24-,28-27-,31-30-,34-33-. The van der Waals surface area contributed by atoms with Crippen LogP contribution in [0.2, 0.25) is 0 Å². The van der Waals surface area contributed by atoms with Crippen LogP contribution in [0, 0.1) is 0 Å². The van der Waals surface area contributed by atoms with Gasteiger partial charge in [-0.15, -0.1) is 0 Å². The first-order valence-electron chi connectivity index (χ1n) is 30.5. The zero-order valence-electron chi connectivity index (χ0n) is 48.4. The number of phosphoric acid groups is 1. The summed E-state index contributed by atoms with van der Waals surface area (Å²) in [5.74, 6) is -0.145. The number of hydrogen-bond donors (Lipinski definition) is 3. The first-order chi connectivity index (χ1) is 35.5. The van der Waals surface area contributed by atoms with E-state index in [0.29, 0.717) is 23.9 Å². The molecule has 3 atom stereocenters. The zero-order chi connectivity index (χ0) is 53.5. The maximum absolute atomic E-state index is 13.0. The van der Waals surface area contributed by atoms with Gasteiger partial charge in [-0.1, -0.05) is 272 Å². The number of phosphoric ester groups is 1. The summed E-state index contributed by atoms with van der Waals surface area (Å²) < 4.78 is 23.8. The molecule has 0 aliphatic carbocycles. The Kier molecular flexibility index (Phi) is 52.7. The number of carbonyl (C=O) groups is 1. The monoisotopic (exact) mass is 1040 g/mol. The van der Waals surface area contributed by atoms with Crippen LogP contribution in [0.4, 0.5) is 0 Å². The highest BCUT2D eigenvalue weighted by atomic mass is 31.2. The number of hydrogen-bond acceptors (Lipinski definition) is 5. The number of nitrogens with zero attached hydrogens (tertiary/aromatic N) is 1. The van der Waals surface area contributed by atoms with Crippen LogP contribution in [0.3, 0.4) is 0 Å². The molecule has 73 heavy (non-hydrogen) atoms. The first-order valence-corrected chi connectivity index (χ1v) is 31.9. The molecule has 3 N–H and O–H groups in total. The molecule has 0 fully saturated rings. The number of carbonyl (C=O) groups excluding carboxylic acids is 1. The van der Waals surface area contributed by atoms with Gasteiger partial charge >= 0.3 is 7.82 Å². The van der Waals surface area contributed by atoms with E-state index in [1.165, 1.54) is 154 Å². The maximum Gasteiger partial charge on any atom is 0.472 e. The quantitative estimate of drug-likeness (QED) is 0.0243. The number of unbranched alkanes of at least 4 members (excludes halogenated alkanes) is 28. The van der Waals surface area contributed by atoms with Crippen molar-refractivity contribution in [1.29, 1.82) is 0 Å². The summed E-state index contributed by atoms with van der Waals surface area (Å²) in [5, 5.41) is 14.0. The molecule has 0 aromatic rings. The van der Waals surface area contributed by atoms with Gasteiger partial charge in [-0.3, -0.25) is 13.8 Å². The third-order valence-electron chi connectivity index (χ3n) is 13.4. The second kappa shape index (κ2) is 54.5. The zero-order valence-corrected chi connectivity index (χ0v) is 49.3. The van der Waals surface area contributed by atoms with Crippen LogP contribution in [-0.4, -0.2) is 73.4 Å². The largest absolute Gasteiger partial charge is 0.472 e. The summed E-state index contributed by atoms with van der Waals surface area (Å²) >= 11 is 0. The first kappa shape index (κ1) is 70.7. The highest BCUT2D eigenvalue weighted by molar-refractivity contribution is 7.47. The molecule has 8 nitrogen and oxygen atoms in total. The van der Waals surface area contributed by atoms with E-state index < -0.39 is 20.0 Å². The average Bonchev–Trinajstić information content (AvgIpc) is 3.35. The van der Waals surface area contributed by atoms with E-state index in [1.54, 1.807) is 0 Å². The molecule has 0 radical (unpaired) electrons. The van der Waals surface area contributed by atoms with Crippen molar-refractivity contribution in [3.63, 3.8) is 0 Å². The third kappa shape index (κ3) is 57.2. The summed E-state index contributed by atoms with van der Waals surface area (Å²) in [6.45, 7) is 4.78. The molecule has 0 spiro atoms. The molecule has 0 bridgehead atoms. The smallest absolute Gasteiger partial charge is 0.391 e. The van der Waals surface area contributed by atoms with Crippen LogP contribution >= 0.6 is 7.82 Å². The summed E-state index contributed by atoms with van der Waals surface area (Å²) in [5.41, 5.74) is 0. The van der Waals surface area contributed by atoms with E-state index in [1.807, 2.05) is 21.1 Å². The predicted molar refractivity (Wildman–Crippen MR) is 318 cm³/mol. The molecule has 424 valence electrons. The number of nitrogens with one attached hydrogen (secondary N) is 1. The number of allylic oxidation sites excluding steroid dienone is 14. The lowest BCUT2D eigenvalue weighted by Gasteiger charge is -2.26. The predicted octanol–water partition coefficient (Wildman–Crippen LogP) is 18.8. The number of quaternary nitrogens is 1. The highest BCUT2D eigenvalue weighted by Crippen LogP contribution is 2.43.